The van der Waals surface area contributed by atoms with E-state index in [0.717, 1.165) is 78.5 Å². The standard InChI is InChI=1S/C72H46N4/c1-5-21-49(22-6-1)71-73-65-45-53(37-41-67(65)75(71)55-27-9-3-10-28-55)51-35-39-61-63(43-51)69(59-33-17-25-47-19-13-15-31-57(47)59)62-40-36-52(44-64(62)70(61)60-34-18-26-48-20-14-16-32-58(48)60)54-38-42-68-66(46-54)74-72(50-23-7-2-8-24-50)76(68)56-29-11-4-12-30-56/h1-46H. The number of aromatic nitrogens is 4. The van der Waals surface area contributed by atoms with Crippen LogP contribution in [-0.2, 0) is 0 Å². The van der Waals surface area contributed by atoms with Crippen LogP contribution in [0.4, 0.5) is 0 Å². The van der Waals surface area contributed by atoms with Crippen molar-refractivity contribution in [2.45, 2.75) is 0 Å². The van der Waals surface area contributed by atoms with Gasteiger partial charge >= 0.3 is 0 Å². The summed E-state index contributed by atoms with van der Waals surface area (Å²) in [7, 11) is 0. The molecule has 0 N–H and O–H groups in total. The van der Waals surface area contributed by atoms with E-state index < -0.39 is 0 Å². The van der Waals surface area contributed by atoms with Gasteiger partial charge in [0.1, 0.15) is 11.6 Å². The highest BCUT2D eigenvalue weighted by molar-refractivity contribution is 6.26. The molecule has 0 unspecified atom stereocenters. The van der Waals surface area contributed by atoms with Crippen LogP contribution in [0.3, 0.4) is 0 Å². The summed E-state index contributed by atoms with van der Waals surface area (Å²) in [6.07, 6.45) is 0. The molecule has 0 atom stereocenters. The first kappa shape index (κ1) is 43.4. The maximum atomic E-state index is 5.37. The van der Waals surface area contributed by atoms with Gasteiger partial charge in [-0.3, -0.25) is 9.13 Å². The van der Waals surface area contributed by atoms with E-state index >= 15 is 0 Å². The van der Waals surface area contributed by atoms with Crippen molar-refractivity contribution in [3.63, 3.8) is 0 Å². The monoisotopic (exact) mass is 966 g/mol. The number of para-hydroxylation sites is 2. The van der Waals surface area contributed by atoms with Crippen molar-refractivity contribution >= 4 is 65.2 Å². The van der Waals surface area contributed by atoms with Crippen LogP contribution in [0.2, 0.25) is 0 Å². The Bertz CT molecular complexity index is 4410. The summed E-state index contributed by atoms with van der Waals surface area (Å²) in [5, 5.41) is 9.62. The second kappa shape index (κ2) is 17.8. The topological polar surface area (TPSA) is 35.6 Å². The van der Waals surface area contributed by atoms with Gasteiger partial charge in [-0.1, -0.05) is 218 Å². The lowest BCUT2D eigenvalue weighted by Gasteiger charge is -2.21. The fourth-order valence-corrected chi connectivity index (χ4v) is 11.8. The average Bonchev–Trinajstić information content (AvgIpc) is 4.10. The predicted octanol–water partition coefficient (Wildman–Crippen LogP) is 19.0. The third-order valence-corrected chi connectivity index (χ3v) is 15.3. The van der Waals surface area contributed by atoms with Gasteiger partial charge in [-0.2, -0.15) is 0 Å². The molecule has 15 aromatic rings. The van der Waals surface area contributed by atoms with E-state index in [4.69, 9.17) is 9.97 Å². The molecule has 354 valence electrons. The highest BCUT2D eigenvalue weighted by Gasteiger charge is 2.23. The van der Waals surface area contributed by atoms with Crippen LogP contribution >= 0.6 is 0 Å². The fraction of sp³-hybridized carbons (Fsp3) is 0. The molecule has 2 heterocycles. The zero-order valence-corrected chi connectivity index (χ0v) is 41.3. The number of benzene rings is 13. The molecule has 0 radical (unpaired) electrons. The molecule has 0 amide bonds. The predicted molar refractivity (Wildman–Crippen MR) is 318 cm³/mol. The van der Waals surface area contributed by atoms with Crippen LogP contribution in [0.5, 0.6) is 0 Å². The Hall–Kier alpha value is -10.2. The molecular weight excluding hydrogens is 921 g/mol. The van der Waals surface area contributed by atoms with Crippen molar-refractivity contribution in [3.05, 3.63) is 279 Å². The zero-order valence-electron chi connectivity index (χ0n) is 41.3. The number of fused-ring (bicyclic) bond motifs is 6. The molecule has 0 aliphatic heterocycles. The van der Waals surface area contributed by atoms with Crippen molar-refractivity contribution < 1.29 is 0 Å². The second-order valence-electron chi connectivity index (χ2n) is 19.7. The lowest BCUT2D eigenvalue weighted by molar-refractivity contribution is 1.10. The summed E-state index contributed by atoms with van der Waals surface area (Å²) in [4.78, 5) is 10.7. The molecule has 13 aromatic carbocycles. The smallest absolute Gasteiger partial charge is 0.145 e. The summed E-state index contributed by atoms with van der Waals surface area (Å²) in [6.45, 7) is 0. The van der Waals surface area contributed by atoms with E-state index in [-0.39, 0.29) is 0 Å². The maximum absolute atomic E-state index is 5.37. The van der Waals surface area contributed by atoms with Gasteiger partial charge in [0.2, 0.25) is 0 Å². The van der Waals surface area contributed by atoms with Crippen LogP contribution < -0.4 is 0 Å². The number of hydrogen-bond acceptors (Lipinski definition) is 2. The molecule has 4 heteroatoms. The van der Waals surface area contributed by atoms with Crippen LogP contribution in [0.15, 0.2) is 279 Å². The maximum Gasteiger partial charge on any atom is 0.145 e. The molecule has 0 aliphatic rings. The molecule has 15 rings (SSSR count). The minimum absolute atomic E-state index is 0.917. The lowest BCUT2D eigenvalue weighted by Crippen LogP contribution is -1.97. The number of nitrogens with zero attached hydrogens (tertiary/aromatic N) is 4. The highest BCUT2D eigenvalue weighted by Crippen LogP contribution is 2.49. The van der Waals surface area contributed by atoms with Crippen LogP contribution in [0.25, 0.3) is 144 Å². The summed E-state index contributed by atoms with van der Waals surface area (Å²) in [5.74, 6) is 1.83. The second-order valence-corrected chi connectivity index (χ2v) is 19.7. The van der Waals surface area contributed by atoms with Crippen molar-refractivity contribution in [3.8, 4) is 78.7 Å². The van der Waals surface area contributed by atoms with Crippen molar-refractivity contribution in [1.29, 1.82) is 0 Å². The van der Waals surface area contributed by atoms with Crippen molar-refractivity contribution in [2.75, 3.05) is 0 Å². The number of imidazole rings is 2. The molecular formula is C72H46N4. The Morgan fingerprint density at radius 2 is 0.592 bits per heavy atom. The fourth-order valence-electron chi connectivity index (χ4n) is 11.8. The molecule has 0 saturated heterocycles. The van der Waals surface area contributed by atoms with Crippen LogP contribution in [0.1, 0.15) is 0 Å². The first-order valence-electron chi connectivity index (χ1n) is 26.0. The minimum Gasteiger partial charge on any atom is -0.292 e. The van der Waals surface area contributed by atoms with Gasteiger partial charge in [0, 0.05) is 22.5 Å². The average molecular weight is 967 g/mol. The third-order valence-electron chi connectivity index (χ3n) is 15.3. The molecule has 4 nitrogen and oxygen atoms in total. The summed E-state index contributed by atoms with van der Waals surface area (Å²) in [6, 6.07) is 101. The Morgan fingerprint density at radius 1 is 0.237 bits per heavy atom. The van der Waals surface area contributed by atoms with Crippen molar-refractivity contribution in [1.82, 2.24) is 19.1 Å². The largest absolute Gasteiger partial charge is 0.292 e. The first-order chi connectivity index (χ1) is 37.7. The Labute approximate surface area is 439 Å². The molecule has 0 fully saturated rings. The number of hydrogen-bond donors (Lipinski definition) is 0. The van der Waals surface area contributed by atoms with Gasteiger partial charge in [0.25, 0.3) is 0 Å². The van der Waals surface area contributed by atoms with Gasteiger partial charge in [0.05, 0.1) is 22.1 Å². The summed E-state index contributed by atoms with van der Waals surface area (Å²) < 4.78 is 4.56. The Kier molecular flexibility index (Phi) is 10.2. The van der Waals surface area contributed by atoms with E-state index in [1.807, 2.05) is 0 Å². The Morgan fingerprint density at radius 3 is 1.03 bits per heavy atom. The van der Waals surface area contributed by atoms with Crippen molar-refractivity contribution in [2.24, 2.45) is 0 Å². The van der Waals surface area contributed by atoms with E-state index in [9.17, 15) is 0 Å². The Balaban J connectivity index is 0.991. The minimum atomic E-state index is 0.917. The third kappa shape index (κ3) is 7.14. The highest BCUT2D eigenvalue weighted by atomic mass is 15.1. The molecule has 0 spiro atoms. The number of rotatable bonds is 8. The van der Waals surface area contributed by atoms with E-state index in [0.29, 0.717) is 0 Å². The van der Waals surface area contributed by atoms with E-state index in [2.05, 4.69) is 288 Å². The van der Waals surface area contributed by atoms with Gasteiger partial charge in [-0.15, -0.1) is 0 Å². The zero-order chi connectivity index (χ0) is 50.1. The van der Waals surface area contributed by atoms with Gasteiger partial charge in [-0.25, -0.2) is 9.97 Å². The quantitative estimate of drug-likeness (QED) is 0.142. The lowest BCUT2D eigenvalue weighted by atomic mass is 9.82. The normalized spacial score (nSPS) is 11.7. The SMILES string of the molecule is c1ccc(-c2nc3cc(-c4ccc5c(-c6cccc7ccccc67)c6cc(-c7ccc8c(c7)nc(-c7ccccc7)n8-c7ccccc7)ccc6c(-c6cccc7ccccc67)c5c4)ccc3n2-c2ccccc2)cc1. The molecule has 0 bridgehead atoms. The first-order valence-corrected chi connectivity index (χ1v) is 26.0. The van der Waals surface area contributed by atoms with E-state index in [1.165, 1.54) is 65.3 Å². The van der Waals surface area contributed by atoms with Crippen LogP contribution in [-0.4, -0.2) is 19.1 Å². The van der Waals surface area contributed by atoms with E-state index in [1.54, 1.807) is 0 Å². The molecule has 76 heavy (non-hydrogen) atoms. The van der Waals surface area contributed by atoms with Gasteiger partial charge < -0.3 is 0 Å². The van der Waals surface area contributed by atoms with Gasteiger partial charge in [0.15, 0.2) is 0 Å². The summed E-state index contributed by atoms with van der Waals surface area (Å²) in [5.41, 5.74) is 17.6. The molecule has 0 aliphatic carbocycles. The van der Waals surface area contributed by atoms with Crippen LogP contribution in [0, 0.1) is 0 Å². The van der Waals surface area contributed by atoms with Gasteiger partial charge in [-0.05, 0) is 148 Å². The molecule has 0 saturated carbocycles. The summed E-state index contributed by atoms with van der Waals surface area (Å²) >= 11 is 0. The molecule has 2 aromatic heterocycles.